The number of anilines is 1. The number of hydrogen-bond donors (Lipinski definition) is 0. The minimum Gasteiger partial charge on any atom is -0.370 e. The van der Waals surface area contributed by atoms with Gasteiger partial charge >= 0.3 is 0 Å². The number of piperidine rings is 1. The third-order valence-electron chi connectivity index (χ3n) is 6.61. The molecule has 2 aliphatic carbocycles. The van der Waals surface area contributed by atoms with Crippen LogP contribution in [0, 0.1) is 17.8 Å². The molecule has 3 aliphatic rings. The average Bonchev–Trinajstić information content (AvgIpc) is 3.57. The molecule has 3 fully saturated rings. The standard InChI is InChI=1S/C23H28N2O/c1-2-6-18-21(11-12-24(23(18)26)13-16-9-10-16)25-14-19-20(15-25)22(19)17-7-4-3-5-8-17/h3-5,7-8,11-12,16,19-20,22H,2,6,9-10,13-15H2,1H3/t19-,20+,22?. The number of pyridine rings is 1. The van der Waals surface area contributed by atoms with Crippen molar-refractivity contribution in [3.05, 3.63) is 64.1 Å². The third kappa shape index (κ3) is 2.78. The van der Waals surface area contributed by atoms with Crippen LogP contribution in [-0.4, -0.2) is 17.7 Å². The molecule has 1 aromatic heterocycles. The Balaban J connectivity index is 1.36. The number of rotatable bonds is 6. The lowest BCUT2D eigenvalue weighted by Gasteiger charge is -2.25. The van der Waals surface area contributed by atoms with Gasteiger partial charge in [-0.25, -0.2) is 0 Å². The van der Waals surface area contributed by atoms with E-state index < -0.39 is 0 Å². The highest BCUT2D eigenvalue weighted by Crippen LogP contribution is 2.58. The van der Waals surface area contributed by atoms with Gasteiger partial charge in [0.25, 0.3) is 5.56 Å². The third-order valence-corrected chi connectivity index (χ3v) is 6.61. The summed E-state index contributed by atoms with van der Waals surface area (Å²) in [6.45, 7) is 5.30. The van der Waals surface area contributed by atoms with Crippen molar-refractivity contribution in [1.29, 1.82) is 0 Å². The molecular formula is C23H28N2O. The minimum absolute atomic E-state index is 0.261. The van der Waals surface area contributed by atoms with Crippen LogP contribution in [0.3, 0.4) is 0 Å². The summed E-state index contributed by atoms with van der Waals surface area (Å²) in [6.07, 6.45) is 6.55. The van der Waals surface area contributed by atoms with E-state index in [1.165, 1.54) is 24.1 Å². The first-order valence-corrected chi connectivity index (χ1v) is 10.3. The van der Waals surface area contributed by atoms with Gasteiger partial charge in [-0.1, -0.05) is 43.7 Å². The Hall–Kier alpha value is -2.03. The Morgan fingerprint density at radius 1 is 1.04 bits per heavy atom. The van der Waals surface area contributed by atoms with Crippen LogP contribution in [0.4, 0.5) is 5.69 Å². The largest absolute Gasteiger partial charge is 0.370 e. The van der Waals surface area contributed by atoms with Crippen LogP contribution in [0.25, 0.3) is 0 Å². The van der Waals surface area contributed by atoms with Gasteiger partial charge in [-0.2, -0.15) is 0 Å². The molecule has 3 heteroatoms. The molecule has 0 spiro atoms. The first kappa shape index (κ1) is 16.2. The molecule has 2 heterocycles. The molecule has 2 saturated carbocycles. The predicted molar refractivity (Wildman–Crippen MR) is 106 cm³/mol. The molecule has 0 amide bonds. The highest BCUT2D eigenvalue weighted by molar-refractivity contribution is 5.55. The van der Waals surface area contributed by atoms with E-state index in [9.17, 15) is 4.79 Å². The van der Waals surface area contributed by atoms with Crippen molar-refractivity contribution in [3.63, 3.8) is 0 Å². The van der Waals surface area contributed by atoms with E-state index in [0.29, 0.717) is 0 Å². The van der Waals surface area contributed by atoms with Gasteiger partial charge in [0, 0.05) is 37.1 Å². The van der Waals surface area contributed by atoms with E-state index in [-0.39, 0.29) is 5.56 Å². The minimum atomic E-state index is 0.261. The first-order valence-electron chi connectivity index (χ1n) is 10.3. The molecule has 5 rings (SSSR count). The van der Waals surface area contributed by atoms with Crippen molar-refractivity contribution in [1.82, 2.24) is 4.57 Å². The monoisotopic (exact) mass is 348 g/mol. The van der Waals surface area contributed by atoms with Gasteiger partial charge in [0.15, 0.2) is 0 Å². The van der Waals surface area contributed by atoms with Crippen LogP contribution >= 0.6 is 0 Å². The second-order valence-electron chi connectivity index (χ2n) is 8.50. The van der Waals surface area contributed by atoms with E-state index >= 15 is 0 Å². The lowest BCUT2D eigenvalue weighted by Crippen LogP contribution is -2.31. The number of benzene rings is 1. The van der Waals surface area contributed by atoms with Crippen LogP contribution in [0.15, 0.2) is 47.4 Å². The maximum atomic E-state index is 13.0. The van der Waals surface area contributed by atoms with Crippen molar-refractivity contribution in [2.45, 2.75) is 45.1 Å². The summed E-state index contributed by atoms with van der Waals surface area (Å²) in [4.78, 5) is 15.5. The van der Waals surface area contributed by atoms with Crippen molar-refractivity contribution in [2.24, 2.45) is 17.8 Å². The van der Waals surface area contributed by atoms with E-state index in [2.05, 4.69) is 48.2 Å². The zero-order chi connectivity index (χ0) is 17.7. The SMILES string of the molecule is CCCc1c(N2C[C@@H]3C(c4ccccc4)[C@@H]3C2)ccn(CC2CC2)c1=O. The van der Waals surface area contributed by atoms with Crippen molar-refractivity contribution >= 4 is 5.69 Å². The first-order chi connectivity index (χ1) is 12.8. The molecule has 0 radical (unpaired) electrons. The summed E-state index contributed by atoms with van der Waals surface area (Å²) in [5, 5.41) is 0. The smallest absolute Gasteiger partial charge is 0.255 e. The molecule has 3 atom stereocenters. The normalized spacial score (nSPS) is 26.8. The second kappa shape index (κ2) is 6.29. The van der Waals surface area contributed by atoms with Gasteiger partial charge < -0.3 is 9.47 Å². The van der Waals surface area contributed by atoms with Crippen LogP contribution in [0.2, 0.25) is 0 Å². The van der Waals surface area contributed by atoms with Crippen molar-refractivity contribution in [3.8, 4) is 0 Å². The molecule has 0 bridgehead atoms. The maximum absolute atomic E-state index is 13.0. The average molecular weight is 348 g/mol. The summed E-state index contributed by atoms with van der Waals surface area (Å²) in [7, 11) is 0. The number of aromatic nitrogens is 1. The summed E-state index contributed by atoms with van der Waals surface area (Å²) >= 11 is 0. The Kier molecular flexibility index (Phi) is 3.91. The maximum Gasteiger partial charge on any atom is 0.255 e. The van der Waals surface area contributed by atoms with Gasteiger partial charge in [-0.05, 0) is 54.6 Å². The second-order valence-corrected chi connectivity index (χ2v) is 8.50. The van der Waals surface area contributed by atoms with Gasteiger partial charge in [-0.15, -0.1) is 0 Å². The van der Waals surface area contributed by atoms with E-state index in [1.807, 2.05) is 10.8 Å². The van der Waals surface area contributed by atoms with Gasteiger partial charge in [-0.3, -0.25) is 4.79 Å². The molecule has 2 aromatic rings. The Labute approximate surface area is 155 Å². The molecule has 1 aromatic carbocycles. The Morgan fingerprint density at radius 2 is 1.77 bits per heavy atom. The lowest BCUT2D eigenvalue weighted by molar-refractivity contribution is 0.599. The molecular weight excluding hydrogens is 320 g/mol. The molecule has 3 nitrogen and oxygen atoms in total. The fourth-order valence-corrected chi connectivity index (χ4v) is 5.01. The zero-order valence-electron chi connectivity index (χ0n) is 15.6. The van der Waals surface area contributed by atoms with E-state index in [1.54, 1.807) is 0 Å². The topological polar surface area (TPSA) is 25.2 Å². The molecule has 1 aliphatic heterocycles. The van der Waals surface area contributed by atoms with Crippen molar-refractivity contribution in [2.75, 3.05) is 18.0 Å². The van der Waals surface area contributed by atoms with Crippen molar-refractivity contribution < 1.29 is 0 Å². The van der Waals surface area contributed by atoms with Gasteiger partial charge in [0.05, 0.1) is 0 Å². The molecule has 26 heavy (non-hydrogen) atoms. The van der Waals surface area contributed by atoms with Gasteiger partial charge in [0.2, 0.25) is 0 Å². The fourth-order valence-electron chi connectivity index (χ4n) is 5.01. The number of nitrogens with zero attached hydrogens (tertiary/aromatic N) is 2. The number of fused-ring (bicyclic) bond motifs is 1. The van der Waals surface area contributed by atoms with Crippen LogP contribution in [0.5, 0.6) is 0 Å². The molecule has 136 valence electrons. The fraction of sp³-hybridized carbons (Fsp3) is 0.522. The van der Waals surface area contributed by atoms with Crippen LogP contribution in [0.1, 0.15) is 43.2 Å². The quantitative estimate of drug-likeness (QED) is 0.786. The van der Waals surface area contributed by atoms with Gasteiger partial charge in [0.1, 0.15) is 0 Å². The van der Waals surface area contributed by atoms with Crippen LogP contribution < -0.4 is 10.5 Å². The Morgan fingerprint density at radius 3 is 2.42 bits per heavy atom. The summed E-state index contributed by atoms with van der Waals surface area (Å²) in [6, 6.07) is 13.2. The molecule has 1 saturated heterocycles. The Bertz CT molecular complexity index is 840. The molecule has 1 unspecified atom stereocenters. The molecule has 0 N–H and O–H groups in total. The lowest BCUT2D eigenvalue weighted by atomic mass is 10.1. The highest BCUT2D eigenvalue weighted by atomic mass is 16.1. The zero-order valence-corrected chi connectivity index (χ0v) is 15.6. The predicted octanol–water partition coefficient (Wildman–Crippen LogP) is 4.06. The number of hydrogen-bond acceptors (Lipinski definition) is 2. The highest BCUT2D eigenvalue weighted by Gasteiger charge is 2.56. The van der Waals surface area contributed by atoms with E-state index in [0.717, 1.165) is 61.7 Å². The summed E-state index contributed by atoms with van der Waals surface area (Å²) < 4.78 is 1.97. The summed E-state index contributed by atoms with van der Waals surface area (Å²) in [5.74, 6) is 3.00. The van der Waals surface area contributed by atoms with Crippen LogP contribution in [-0.2, 0) is 13.0 Å². The van der Waals surface area contributed by atoms with E-state index in [4.69, 9.17) is 0 Å². The summed E-state index contributed by atoms with van der Waals surface area (Å²) in [5.41, 5.74) is 4.02.